The molecule has 0 radical (unpaired) electrons. The van der Waals surface area contributed by atoms with Crippen LogP contribution in [0.3, 0.4) is 0 Å². The Morgan fingerprint density at radius 1 is 1.54 bits per heavy atom. The van der Waals surface area contributed by atoms with Crippen molar-refractivity contribution < 1.29 is 0 Å². The van der Waals surface area contributed by atoms with Crippen LogP contribution < -0.4 is 11.1 Å². The van der Waals surface area contributed by atoms with Crippen LogP contribution in [-0.4, -0.2) is 50.0 Å². The van der Waals surface area contributed by atoms with Crippen molar-refractivity contribution in [1.82, 2.24) is 10.2 Å². The van der Waals surface area contributed by atoms with Gasteiger partial charge in [0.15, 0.2) is 0 Å². The van der Waals surface area contributed by atoms with Gasteiger partial charge in [-0.15, -0.1) is 0 Å². The highest BCUT2D eigenvalue weighted by molar-refractivity contribution is 5.24. The highest BCUT2D eigenvalue weighted by Gasteiger charge is 2.19. The maximum Gasteiger partial charge on any atom is 0.103 e. The molecule has 0 aliphatic carbocycles. The number of piperazine rings is 1. The van der Waals surface area contributed by atoms with Gasteiger partial charge < -0.3 is 11.1 Å². The lowest BCUT2D eigenvalue weighted by Gasteiger charge is -2.33. The summed E-state index contributed by atoms with van der Waals surface area (Å²) in [5.41, 5.74) is 5.75. The fraction of sp³-hybridized carbons (Fsp3) is 0.889. The maximum atomic E-state index is 5.75. The number of nitrogens with one attached hydrogen (secondary N) is 1. The van der Waals surface area contributed by atoms with Crippen LogP contribution in [-0.2, 0) is 0 Å². The number of hydrogen-bond acceptors (Lipinski definition) is 4. The smallest absolute Gasteiger partial charge is 0.103 e. The van der Waals surface area contributed by atoms with Crippen molar-refractivity contribution in [3.8, 4) is 0 Å². The molecule has 0 saturated carbocycles. The van der Waals surface area contributed by atoms with Crippen LogP contribution in [0.1, 0.15) is 13.3 Å². The highest BCUT2D eigenvalue weighted by Crippen LogP contribution is 2.08. The molecule has 4 heteroatoms. The van der Waals surface area contributed by atoms with E-state index >= 15 is 0 Å². The average Bonchev–Trinajstić information content (AvgIpc) is 2.15. The Balaban J connectivity index is 2.39. The van der Waals surface area contributed by atoms with E-state index in [-0.39, 0.29) is 12.2 Å². The minimum absolute atomic E-state index is 0.199. The molecule has 1 saturated heterocycles. The van der Waals surface area contributed by atoms with E-state index in [1.807, 2.05) is 6.92 Å². The van der Waals surface area contributed by atoms with Crippen LogP contribution in [0, 0.1) is 0 Å². The zero-order valence-electron chi connectivity index (χ0n) is 8.37. The minimum atomic E-state index is 0.199. The number of nitrogens with zero attached hydrogens (tertiary/aromatic N) is 2. The maximum absolute atomic E-state index is 5.75. The summed E-state index contributed by atoms with van der Waals surface area (Å²) in [7, 11) is 0. The third kappa shape index (κ3) is 3.42. The fourth-order valence-corrected chi connectivity index (χ4v) is 1.65. The van der Waals surface area contributed by atoms with Crippen molar-refractivity contribution in [3.63, 3.8) is 0 Å². The quantitative estimate of drug-likeness (QED) is 0.588. The molecule has 2 atom stereocenters. The van der Waals surface area contributed by atoms with Crippen LogP contribution in [0.2, 0.25) is 0 Å². The Kier molecular flexibility index (Phi) is 4.35. The van der Waals surface area contributed by atoms with Crippen molar-refractivity contribution >= 4 is 6.72 Å². The summed E-state index contributed by atoms with van der Waals surface area (Å²) in [4.78, 5) is 6.46. The molecule has 0 spiro atoms. The molecular weight excluding hydrogens is 164 g/mol. The lowest BCUT2D eigenvalue weighted by Crippen LogP contribution is -2.49. The van der Waals surface area contributed by atoms with Crippen LogP contribution in [0.15, 0.2) is 4.99 Å². The first-order valence-electron chi connectivity index (χ1n) is 4.90. The molecule has 2 unspecified atom stereocenters. The topological polar surface area (TPSA) is 53.6 Å². The zero-order chi connectivity index (χ0) is 9.68. The molecule has 0 amide bonds. The van der Waals surface area contributed by atoms with Gasteiger partial charge in [0.2, 0.25) is 0 Å². The summed E-state index contributed by atoms with van der Waals surface area (Å²) < 4.78 is 0. The number of aliphatic imine (C=N–C) groups is 1. The largest absolute Gasteiger partial charge is 0.328 e. The Morgan fingerprint density at radius 3 is 2.62 bits per heavy atom. The van der Waals surface area contributed by atoms with Gasteiger partial charge in [-0.3, -0.25) is 9.89 Å². The van der Waals surface area contributed by atoms with Crippen molar-refractivity contribution in [1.29, 1.82) is 0 Å². The van der Waals surface area contributed by atoms with Crippen LogP contribution >= 0.6 is 0 Å². The molecule has 1 fully saturated rings. The molecule has 0 aromatic carbocycles. The molecule has 3 N–H and O–H groups in total. The van der Waals surface area contributed by atoms with E-state index in [1.165, 1.54) is 0 Å². The molecule has 0 aromatic rings. The van der Waals surface area contributed by atoms with Gasteiger partial charge in [0.25, 0.3) is 0 Å². The van der Waals surface area contributed by atoms with E-state index in [1.54, 1.807) is 0 Å². The van der Waals surface area contributed by atoms with Gasteiger partial charge in [-0.25, -0.2) is 0 Å². The molecule has 0 aromatic heterocycles. The summed E-state index contributed by atoms with van der Waals surface area (Å²) >= 11 is 0. The minimum Gasteiger partial charge on any atom is -0.328 e. The normalized spacial score (nSPS) is 23.8. The second-order valence-corrected chi connectivity index (χ2v) is 3.66. The fourth-order valence-electron chi connectivity index (χ4n) is 1.65. The van der Waals surface area contributed by atoms with Crippen LogP contribution in [0.4, 0.5) is 0 Å². The van der Waals surface area contributed by atoms with Gasteiger partial charge in [-0.05, 0) is 20.1 Å². The molecule has 0 bridgehead atoms. The van der Waals surface area contributed by atoms with E-state index in [9.17, 15) is 0 Å². The Labute approximate surface area is 80.2 Å². The second-order valence-electron chi connectivity index (χ2n) is 3.66. The number of rotatable bonds is 4. The summed E-state index contributed by atoms with van der Waals surface area (Å²) in [6.07, 6.45) is 1.12. The standard InChI is InChI=1S/C9H20N4/c1-8(10)7-9(11-2)13-5-3-12-4-6-13/h8-9,12H,2-7,10H2,1H3. The monoisotopic (exact) mass is 184 g/mol. The molecular formula is C9H20N4. The van der Waals surface area contributed by atoms with Crippen molar-refractivity contribution in [2.45, 2.75) is 25.6 Å². The Bertz CT molecular complexity index is 152. The van der Waals surface area contributed by atoms with Gasteiger partial charge in [0.05, 0.1) is 0 Å². The number of hydrogen-bond donors (Lipinski definition) is 2. The first kappa shape index (κ1) is 10.6. The predicted octanol–water partition coefficient (Wildman–Crippen LogP) is -0.344. The highest BCUT2D eigenvalue weighted by atomic mass is 15.3. The van der Waals surface area contributed by atoms with E-state index in [0.29, 0.717) is 0 Å². The van der Waals surface area contributed by atoms with E-state index < -0.39 is 0 Å². The molecule has 13 heavy (non-hydrogen) atoms. The van der Waals surface area contributed by atoms with Gasteiger partial charge in [0, 0.05) is 32.2 Å². The van der Waals surface area contributed by atoms with E-state index in [2.05, 4.69) is 21.9 Å². The summed E-state index contributed by atoms with van der Waals surface area (Å²) in [6, 6.07) is 0.199. The molecule has 1 heterocycles. The van der Waals surface area contributed by atoms with Crippen LogP contribution in [0.5, 0.6) is 0 Å². The van der Waals surface area contributed by atoms with E-state index in [4.69, 9.17) is 5.73 Å². The molecule has 1 aliphatic rings. The Hall–Kier alpha value is -0.450. The molecule has 1 rings (SSSR count). The Morgan fingerprint density at radius 2 is 2.15 bits per heavy atom. The number of nitrogens with two attached hydrogens (primary N) is 1. The first-order chi connectivity index (χ1) is 6.24. The van der Waals surface area contributed by atoms with Crippen LogP contribution in [0.25, 0.3) is 0 Å². The molecule has 76 valence electrons. The summed E-state index contributed by atoms with van der Waals surface area (Å²) in [5, 5.41) is 3.31. The SMILES string of the molecule is C=NC(CC(C)N)N1CCNCC1. The first-order valence-corrected chi connectivity index (χ1v) is 4.90. The molecule has 4 nitrogen and oxygen atoms in total. The van der Waals surface area contributed by atoms with Gasteiger partial charge >= 0.3 is 0 Å². The molecule has 1 aliphatic heterocycles. The van der Waals surface area contributed by atoms with Gasteiger partial charge in [-0.1, -0.05) is 0 Å². The second kappa shape index (κ2) is 5.32. The summed E-state index contributed by atoms with van der Waals surface area (Å²) in [5.74, 6) is 0. The van der Waals surface area contributed by atoms with Crippen molar-refractivity contribution in [2.24, 2.45) is 10.7 Å². The van der Waals surface area contributed by atoms with Gasteiger partial charge in [-0.2, -0.15) is 0 Å². The third-order valence-corrected chi connectivity index (χ3v) is 2.37. The zero-order valence-corrected chi connectivity index (χ0v) is 8.37. The summed E-state index contributed by atoms with van der Waals surface area (Å²) in [6.45, 7) is 9.83. The average molecular weight is 184 g/mol. The van der Waals surface area contributed by atoms with Crippen molar-refractivity contribution in [3.05, 3.63) is 0 Å². The van der Waals surface area contributed by atoms with E-state index in [0.717, 1.165) is 32.6 Å². The lowest BCUT2D eigenvalue weighted by atomic mass is 10.2. The predicted molar refractivity (Wildman–Crippen MR) is 56.0 cm³/mol. The van der Waals surface area contributed by atoms with Gasteiger partial charge in [0.1, 0.15) is 6.17 Å². The third-order valence-electron chi connectivity index (χ3n) is 2.37. The van der Waals surface area contributed by atoms with Crippen molar-refractivity contribution in [2.75, 3.05) is 26.2 Å². The lowest BCUT2D eigenvalue weighted by molar-refractivity contribution is 0.166.